The standard InChI is InChI=1S/C23H27Cl2FN2O4S/c1-14(2)16-10-17(26)12-18(11-16)32-22-20(24)5-4-19(21(22)25)23(29)27-13-15-6-8-28(9-7-15)33(3,30)31/h4-5,10-12,14-15H,6-9,13H2,1-3H3,(H,27,29). The van der Waals surface area contributed by atoms with E-state index in [1.165, 1.54) is 34.8 Å². The summed E-state index contributed by atoms with van der Waals surface area (Å²) in [6.07, 6.45) is 2.52. The first kappa shape index (κ1) is 25.7. The van der Waals surface area contributed by atoms with Gasteiger partial charge >= 0.3 is 0 Å². The summed E-state index contributed by atoms with van der Waals surface area (Å²) in [5, 5.41) is 3.08. The van der Waals surface area contributed by atoms with Crippen molar-refractivity contribution in [2.24, 2.45) is 5.92 Å². The molecular weight excluding hydrogens is 490 g/mol. The number of benzene rings is 2. The van der Waals surface area contributed by atoms with Crippen molar-refractivity contribution in [2.75, 3.05) is 25.9 Å². The van der Waals surface area contributed by atoms with Crippen LogP contribution in [0.5, 0.6) is 11.5 Å². The summed E-state index contributed by atoms with van der Waals surface area (Å²) in [5.74, 6) is -0.273. The predicted octanol–water partition coefficient (Wildman–Crippen LogP) is 5.45. The van der Waals surface area contributed by atoms with Crippen LogP contribution in [0.15, 0.2) is 30.3 Å². The molecule has 180 valence electrons. The molecule has 0 aromatic heterocycles. The van der Waals surface area contributed by atoms with Gasteiger partial charge in [0.05, 0.1) is 21.9 Å². The van der Waals surface area contributed by atoms with Crippen molar-refractivity contribution >= 4 is 39.1 Å². The third-order valence-electron chi connectivity index (χ3n) is 5.67. The SMILES string of the molecule is CC(C)c1cc(F)cc(Oc2c(Cl)ccc(C(=O)NCC3CCN(S(C)(=O)=O)CC3)c2Cl)c1. The zero-order valence-electron chi connectivity index (χ0n) is 18.7. The molecule has 0 atom stereocenters. The van der Waals surface area contributed by atoms with Gasteiger partial charge in [0.25, 0.3) is 5.91 Å². The van der Waals surface area contributed by atoms with Crippen molar-refractivity contribution in [3.8, 4) is 11.5 Å². The molecule has 0 unspecified atom stereocenters. The number of amides is 1. The van der Waals surface area contributed by atoms with Crippen LogP contribution < -0.4 is 10.1 Å². The molecule has 1 amide bonds. The second-order valence-electron chi connectivity index (χ2n) is 8.53. The molecule has 0 spiro atoms. The summed E-state index contributed by atoms with van der Waals surface area (Å²) < 4.78 is 44.5. The lowest BCUT2D eigenvalue weighted by atomic mass is 9.98. The lowest BCUT2D eigenvalue weighted by molar-refractivity contribution is 0.0941. The number of carbonyl (C=O) groups is 1. The number of hydrogen-bond acceptors (Lipinski definition) is 4. The molecule has 0 saturated carbocycles. The first-order chi connectivity index (χ1) is 15.5. The average Bonchev–Trinajstić information content (AvgIpc) is 2.74. The van der Waals surface area contributed by atoms with Gasteiger partial charge in [0.1, 0.15) is 11.6 Å². The van der Waals surface area contributed by atoms with Gasteiger partial charge in [0.15, 0.2) is 5.75 Å². The third kappa shape index (κ3) is 6.59. The first-order valence-electron chi connectivity index (χ1n) is 10.7. The van der Waals surface area contributed by atoms with E-state index in [0.717, 1.165) is 5.56 Å². The Bertz CT molecular complexity index is 1130. The Morgan fingerprint density at radius 3 is 2.48 bits per heavy atom. The van der Waals surface area contributed by atoms with Crippen LogP contribution in [0.3, 0.4) is 0 Å². The van der Waals surface area contributed by atoms with Gasteiger partial charge in [0.2, 0.25) is 10.0 Å². The van der Waals surface area contributed by atoms with Gasteiger partial charge < -0.3 is 10.1 Å². The molecule has 2 aromatic carbocycles. The zero-order valence-corrected chi connectivity index (χ0v) is 21.0. The highest BCUT2D eigenvalue weighted by Gasteiger charge is 2.26. The van der Waals surface area contributed by atoms with Gasteiger partial charge in [-0.1, -0.05) is 37.0 Å². The van der Waals surface area contributed by atoms with E-state index in [4.69, 9.17) is 27.9 Å². The van der Waals surface area contributed by atoms with Crippen molar-refractivity contribution in [2.45, 2.75) is 32.6 Å². The van der Waals surface area contributed by atoms with Crippen molar-refractivity contribution < 1.29 is 22.3 Å². The molecule has 3 rings (SSSR count). The number of ether oxygens (including phenoxy) is 1. The van der Waals surface area contributed by atoms with Gasteiger partial charge in [-0.05, 0) is 54.5 Å². The van der Waals surface area contributed by atoms with Crippen molar-refractivity contribution in [3.05, 3.63) is 57.3 Å². The number of hydrogen-bond donors (Lipinski definition) is 1. The number of halogens is 3. The van der Waals surface area contributed by atoms with E-state index in [1.54, 1.807) is 6.07 Å². The number of nitrogens with one attached hydrogen (secondary N) is 1. The van der Waals surface area contributed by atoms with Crippen LogP contribution in [-0.4, -0.2) is 44.5 Å². The van der Waals surface area contributed by atoms with E-state index in [9.17, 15) is 17.6 Å². The Morgan fingerprint density at radius 2 is 1.88 bits per heavy atom. The largest absolute Gasteiger partial charge is 0.454 e. The lowest BCUT2D eigenvalue weighted by Crippen LogP contribution is -2.41. The Labute approximate surface area is 204 Å². The van der Waals surface area contributed by atoms with Crippen molar-refractivity contribution in [1.82, 2.24) is 9.62 Å². The third-order valence-corrected chi connectivity index (χ3v) is 7.64. The van der Waals surface area contributed by atoms with E-state index in [2.05, 4.69) is 5.32 Å². The second kappa shape index (κ2) is 10.6. The molecular formula is C23H27Cl2FN2O4S. The Morgan fingerprint density at radius 1 is 1.21 bits per heavy atom. The number of carbonyl (C=O) groups excluding carboxylic acids is 1. The van der Waals surface area contributed by atoms with Gasteiger partial charge in [-0.2, -0.15) is 0 Å². The maximum absolute atomic E-state index is 14.0. The first-order valence-corrected chi connectivity index (χ1v) is 13.3. The van der Waals surface area contributed by atoms with Crippen LogP contribution in [0.25, 0.3) is 0 Å². The van der Waals surface area contributed by atoms with Crippen LogP contribution in [0.1, 0.15) is 48.5 Å². The minimum Gasteiger partial charge on any atom is -0.454 e. The highest BCUT2D eigenvalue weighted by molar-refractivity contribution is 7.88. The fourth-order valence-electron chi connectivity index (χ4n) is 3.67. The number of rotatable bonds is 7. The predicted molar refractivity (Wildman–Crippen MR) is 128 cm³/mol. The van der Waals surface area contributed by atoms with Crippen molar-refractivity contribution in [1.29, 1.82) is 0 Å². The summed E-state index contributed by atoms with van der Waals surface area (Å²) in [6.45, 7) is 5.15. The topological polar surface area (TPSA) is 75.7 Å². The van der Waals surface area contributed by atoms with Crippen LogP contribution >= 0.6 is 23.2 Å². The lowest BCUT2D eigenvalue weighted by Gasteiger charge is -2.30. The van der Waals surface area contributed by atoms with Crippen LogP contribution in [-0.2, 0) is 10.0 Å². The smallest absolute Gasteiger partial charge is 0.252 e. The summed E-state index contributed by atoms with van der Waals surface area (Å²) in [4.78, 5) is 12.8. The molecule has 0 radical (unpaired) electrons. The quantitative estimate of drug-likeness (QED) is 0.530. The summed E-state index contributed by atoms with van der Waals surface area (Å²) in [6, 6.07) is 7.38. The van der Waals surface area contributed by atoms with Gasteiger partial charge in [-0.15, -0.1) is 0 Å². The Balaban J connectivity index is 1.70. The Kier molecular flexibility index (Phi) is 8.26. The number of piperidine rings is 1. The molecule has 0 bridgehead atoms. The molecule has 1 aliphatic heterocycles. The molecule has 0 aliphatic carbocycles. The fraction of sp³-hybridized carbons (Fsp3) is 0.435. The molecule has 10 heteroatoms. The van der Waals surface area contributed by atoms with Crippen molar-refractivity contribution in [3.63, 3.8) is 0 Å². The number of sulfonamides is 1. The average molecular weight is 517 g/mol. The Hall–Kier alpha value is -1.87. The summed E-state index contributed by atoms with van der Waals surface area (Å²) in [5.41, 5.74) is 0.943. The van der Waals surface area contributed by atoms with E-state index in [1.807, 2.05) is 13.8 Å². The van der Waals surface area contributed by atoms with Crippen LogP contribution in [0, 0.1) is 11.7 Å². The van der Waals surface area contributed by atoms with E-state index < -0.39 is 21.7 Å². The van der Waals surface area contributed by atoms with Gasteiger partial charge in [0, 0.05) is 25.7 Å². The van der Waals surface area contributed by atoms with Gasteiger partial charge in [-0.25, -0.2) is 17.1 Å². The highest BCUT2D eigenvalue weighted by atomic mass is 35.5. The maximum Gasteiger partial charge on any atom is 0.252 e. The second-order valence-corrected chi connectivity index (χ2v) is 11.3. The van der Waals surface area contributed by atoms with E-state index >= 15 is 0 Å². The van der Waals surface area contributed by atoms with Crippen LogP contribution in [0.2, 0.25) is 10.0 Å². The molecule has 1 aliphatic rings. The van der Waals surface area contributed by atoms with E-state index in [-0.39, 0.29) is 38.9 Å². The molecule has 33 heavy (non-hydrogen) atoms. The fourth-order valence-corrected chi connectivity index (χ4v) is 5.08. The number of nitrogens with zero attached hydrogens (tertiary/aromatic N) is 1. The normalized spacial score (nSPS) is 15.6. The maximum atomic E-state index is 14.0. The molecule has 1 saturated heterocycles. The minimum absolute atomic E-state index is 0.0299. The summed E-state index contributed by atoms with van der Waals surface area (Å²) >= 11 is 12.7. The molecule has 1 fully saturated rings. The monoisotopic (exact) mass is 516 g/mol. The minimum atomic E-state index is -3.20. The summed E-state index contributed by atoms with van der Waals surface area (Å²) in [7, 11) is -3.20. The zero-order chi connectivity index (χ0) is 24.3. The molecule has 2 aromatic rings. The van der Waals surface area contributed by atoms with E-state index in [0.29, 0.717) is 32.5 Å². The van der Waals surface area contributed by atoms with Gasteiger partial charge in [-0.3, -0.25) is 4.79 Å². The van der Waals surface area contributed by atoms with Crippen LogP contribution in [0.4, 0.5) is 4.39 Å². The molecule has 1 N–H and O–H groups in total. The molecule has 6 nitrogen and oxygen atoms in total. The highest BCUT2D eigenvalue weighted by Crippen LogP contribution is 2.39. The molecule has 1 heterocycles.